The van der Waals surface area contributed by atoms with Crippen molar-refractivity contribution < 1.29 is 9.84 Å². The molecule has 0 spiro atoms. The number of allylic oxidation sites excluding steroid dienone is 1. The third-order valence-electron chi connectivity index (χ3n) is 3.55. The monoisotopic (exact) mass is 323 g/mol. The van der Waals surface area contributed by atoms with Crippen molar-refractivity contribution in [2.45, 2.75) is 13.5 Å². The summed E-state index contributed by atoms with van der Waals surface area (Å²) in [5.41, 5.74) is 0.739. The zero-order chi connectivity index (χ0) is 17.7. The second-order valence-corrected chi connectivity index (χ2v) is 5.01. The normalized spacial score (nSPS) is 10.5. The van der Waals surface area contributed by atoms with Gasteiger partial charge in [0, 0.05) is 18.8 Å². The zero-order valence-corrected chi connectivity index (χ0v) is 13.5. The Morgan fingerprint density at radius 2 is 2.25 bits per heavy atom. The van der Waals surface area contributed by atoms with E-state index in [1.54, 1.807) is 38.3 Å². The molecular formula is C18H17N3O3. The number of hydrogen-bond acceptors (Lipinski definition) is 5. The first kappa shape index (κ1) is 17.0. The first-order chi connectivity index (χ1) is 11.5. The van der Waals surface area contributed by atoms with Gasteiger partial charge in [-0.3, -0.25) is 14.4 Å². The number of rotatable bonds is 5. The van der Waals surface area contributed by atoms with Crippen LogP contribution in [0.4, 0.5) is 5.69 Å². The Labute approximate surface area is 139 Å². The summed E-state index contributed by atoms with van der Waals surface area (Å²) in [7, 11) is 1.56. The van der Waals surface area contributed by atoms with Gasteiger partial charge in [-0.05, 0) is 24.6 Å². The maximum absolute atomic E-state index is 12.2. The highest BCUT2D eigenvalue weighted by Crippen LogP contribution is 2.23. The molecule has 0 amide bonds. The number of nitrogens with zero attached hydrogens (tertiary/aromatic N) is 3. The van der Waals surface area contributed by atoms with Crippen LogP contribution in [0.15, 0.2) is 46.7 Å². The highest BCUT2D eigenvalue weighted by atomic mass is 16.5. The SMILES string of the molecule is C=CCn1c(O)c(C=Nc2cccc(OC)c2)c(C)c(C#N)c1=O. The average Bonchev–Trinajstić information content (AvgIpc) is 2.59. The molecule has 0 radical (unpaired) electrons. The third-order valence-corrected chi connectivity index (χ3v) is 3.55. The summed E-state index contributed by atoms with van der Waals surface area (Å²) in [6, 6.07) is 8.97. The van der Waals surface area contributed by atoms with Gasteiger partial charge in [0.05, 0.1) is 18.4 Å². The Kier molecular flexibility index (Phi) is 5.17. The molecule has 0 fully saturated rings. The van der Waals surface area contributed by atoms with Crippen LogP contribution in [0.25, 0.3) is 0 Å². The molecule has 2 rings (SSSR count). The minimum absolute atomic E-state index is 0.0262. The van der Waals surface area contributed by atoms with Crippen molar-refractivity contribution in [3.8, 4) is 17.7 Å². The minimum atomic E-state index is -0.550. The topological polar surface area (TPSA) is 87.6 Å². The van der Waals surface area contributed by atoms with Crippen LogP contribution < -0.4 is 10.3 Å². The predicted octanol–water partition coefficient (Wildman–Crippen LogP) is 2.68. The molecule has 1 heterocycles. The molecule has 0 aliphatic carbocycles. The van der Waals surface area contributed by atoms with E-state index >= 15 is 0 Å². The van der Waals surface area contributed by atoms with Gasteiger partial charge in [0.1, 0.15) is 17.4 Å². The first-order valence-corrected chi connectivity index (χ1v) is 7.19. The van der Waals surface area contributed by atoms with Crippen LogP contribution in [0.2, 0.25) is 0 Å². The van der Waals surface area contributed by atoms with Crippen LogP contribution in [0, 0.1) is 18.3 Å². The van der Waals surface area contributed by atoms with E-state index in [1.165, 1.54) is 12.3 Å². The van der Waals surface area contributed by atoms with E-state index in [0.717, 1.165) is 4.57 Å². The molecule has 0 unspecified atom stereocenters. The highest BCUT2D eigenvalue weighted by Gasteiger charge is 2.17. The van der Waals surface area contributed by atoms with E-state index in [0.29, 0.717) is 22.6 Å². The van der Waals surface area contributed by atoms with E-state index in [4.69, 9.17) is 4.74 Å². The van der Waals surface area contributed by atoms with Crippen molar-refractivity contribution >= 4 is 11.9 Å². The standard InChI is InChI=1S/C18H17N3O3/c1-4-8-21-17(22)15(10-19)12(2)16(18(21)23)11-20-13-6-5-7-14(9-13)24-3/h4-7,9,11,23H,1,8H2,2-3H3. The van der Waals surface area contributed by atoms with Crippen molar-refractivity contribution in [2.24, 2.45) is 4.99 Å². The number of ether oxygens (including phenoxy) is 1. The van der Waals surface area contributed by atoms with Gasteiger partial charge in [-0.1, -0.05) is 12.1 Å². The minimum Gasteiger partial charge on any atom is -0.497 e. The quantitative estimate of drug-likeness (QED) is 0.677. The second-order valence-electron chi connectivity index (χ2n) is 5.01. The summed E-state index contributed by atoms with van der Waals surface area (Å²) < 4.78 is 6.22. The Hall–Kier alpha value is -3.33. The van der Waals surface area contributed by atoms with Crippen LogP contribution in [-0.2, 0) is 6.54 Å². The lowest BCUT2D eigenvalue weighted by Crippen LogP contribution is -2.24. The first-order valence-electron chi connectivity index (χ1n) is 7.19. The lowest BCUT2D eigenvalue weighted by atomic mass is 10.1. The smallest absolute Gasteiger partial charge is 0.271 e. The molecule has 6 heteroatoms. The van der Waals surface area contributed by atoms with Crippen LogP contribution in [0.5, 0.6) is 11.6 Å². The second kappa shape index (κ2) is 7.29. The zero-order valence-electron chi connectivity index (χ0n) is 13.5. The number of methoxy groups -OCH3 is 1. The predicted molar refractivity (Wildman–Crippen MR) is 92.3 cm³/mol. The van der Waals surface area contributed by atoms with Crippen molar-refractivity contribution in [3.05, 3.63) is 64.0 Å². The average molecular weight is 323 g/mol. The van der Waals surface area contributed by atoms with Crippen LogP contribution in [-0.4, -0.2) is 23.0 Å². The maximum atomic E-state index is 12.2. The van der Waals surface area contributed by atoms with Gasteiger partial charge in [0.2, 0.25) is 5.88 Å². The molecule has 0 aliphatic rings. The van der Waals surface area contributed by atoms with E-state index < -0.39 is 5.56 Å². The van der Waals surface area contributed by atoms with Crippen molar-refractivity contribution in [2.75, 3.05) is 7.11 Å². The van der Waals surface area contributed by atoms with Crippen LogP contribution in [0.3, 0.4) is 0 Å². The maximum Gasteiger partial charge on any atom is 0.271 e. The molecule has 0 saturated carbocycles. The van der Waals surface area contributed by atoms with Crippen LogP contribution in [0.1, 0.15) is 16.7 Å². The molecule has 2 aromatic rings. The molecule has 1 N–H and O–H groups in total. The van der Waals surface area contributed by atoms with Gasteiger partial charge in [-0.25, -0.2) is 0 Å². The molecule has 0 aliphatic heterocycles. The van der Waals surface area contributed by atoms with Gasteiger partial charge in [0.25, 0.3) is 5.56 Å². The molecule has 1 aromatic heterocycles. The van der Waals surface area contributed by atoms with Crippen LogP contribution >= 0.6 is 0 Å². The number of aliphatic imine (C=N–C) groups is 1. The van der Waals surface area contributed by atoms with Gasteiger partial charge < -0.3 is 9.84 Å². The number of nitriles is 1. The largest absolute Gasteiger partial charge is 0.497 e. The van der Waals surface area contributed by atoms with Gasteiger partial charge in [0.15, 0.2) is 0 Å². The van der Waals surface area contributed by atoms with Crippen molar-refractivity contribution in [1.82, 2.24) is 4.57 Å². The summed E-state index contributed by atoms with van der Waals surface area (Å²) in [5.74, 6) is 0.406. The highest BCUT2D eigenvalue weighted by molar-refractivity contribution is 5.87. The van der Waals surface area contributed by atoms with E-state index in [9.17, 15) is 15.2 Å². The van der Waals surface area contributed by atoms with Crippen molar-refractivity contribution in [1.29, 1.82) is 5.26 Å². The van der Waals surface area contributed by atoms with E-state index in [-0.39, 0.29) is 18.0 Å². The van der Waals surface area contributed by atoms with Crippen molar-refractivity contribution in [3.63, 3.8) is 0 Å². The third kappa shape index (κ3) is 3.20. The molecule has 0 bridgehead atoms. The summed E-state index contributed by atoms with van der Waals surface area (Å²) in [6.45, 7) is 5.26. The molecule has 122 valence electrons. The lowest BCUT2D eigenvalue weighted by Gasteiger charge is -2.12. The number of hydrogen-bond donors (Lipinski definition) is 1. The number of aromatic nitrogens is 1. The Balaban J connectivity index is 2.59. The fraction of sp³-hybridized carbons (Fsp3) is 0.167. The fourth-order valence-corrected chi connectivity index (χ4v) is 2.25. The lowest BCUT2D eigenvalue weighted by molar-refractivity contribution is 0.414. The summed E-state index contributed by atoms with van der Waals surface area (Å²) in [6.07, 6.45) is 2.90. The van der Waals surface area contributed by atoms with Gasteiger partial charge in [-0.15, -0.1) is 6.58 Å². The van der Waals surface area contributed by atoms with E-state index in [1.807, 2.05) is 6.07 Å². The molecule has 0 atom stereocenters. The number of pyridine rings is 1. The van der Waals surface area contributed by atoms with Gasteiger partial charge >= 0.3 is 0 Å². The Morgan fingerprint density at radius 1 is 1.50 bits per heavy atom. The van der Waals surface area contributed by atoms with Gasteiger partial charge in [-0.2, -0.15) is 5.26 Å². The molecule has 1 aromatic carbocycles. The number of benzene rings is 1. The summed E-state index contributed by atoms with van der Waals surface area (Å²) in [4.78, 5) is 16.5. The molecular weight excluding hydrogens is 306 g/mol. The molecule has 6 nitrogen and oxygen atoms in total. The Bertz CT molecular complexity index is 905. The molecule has 0 saturated heterocycles. The fourth-order valence-electron chi connectivity index (χ4n) is 2.25. The molecule has 24 heavy (non-hydrogen) atoms. The summed E-state index contributed by atoms with van der Waals surface area (Å²) in [5, 5.41) is 19.6. The summed E-state index contributed by atoms with van der Waals surface area (Å²) >= 11 is 0. The Morgan fingerprint density at radius 3 is 2.88 bits per heavy atom. The van der Waals surface area contributed by atoms with E-state index in [2.05, 4.69) is 11.6 Å². The number of aromatic hydroxyl groups is 1.